The van der Waals surface area contributed by atoms with Gasteiger partial charge in [-0.15, -0.1) is 24.8 Å². The van der Waals surface area contributed by atoms with Gasteiger partial charge in [0.15, 0.2) is 0 Å². The summed E-state index contributed by atoms with van der Waals surface area (Å²) in [5.41, 5.74) is 7.14. The third-order valence-electron chi connectivity index (χ3n) is 4.67. The molecule has 1 saturated heterocycles. The van der Waals surface area contributed by atoms with E-state index < -0.39 is 0 Å². The number of rotatable bonds is 3. The Hall–Kier alpha value is -0.820. The monoisotopic (exact) mass is 393 g/mol. The lowest BCUT2D eigenvalue weighted by atomic mass is 9.80. The molecule has 3 N–H and O–H groups in total. The molecule has 1 amide bonds. The van der Waals surface area contributed by atoms with Gasteiger partial charge in [0.2, 0.25) is 5.91 Å². The molecule has 2 heterocycles. The molecule has 2 rings (SSSR count). The zero-order chi connectivity index (χ0) is 17.4. The average molecular weight is 394 g/mol. The van der Waals surface area contributed by atoms with E-state index in [4.69, 9.17) is 5.73 Å². The zero-order valence-electron chi connectivity index (χ0n) is 16.1. The van der Waals surface area contributed by atoms with E-state index in [1.54, 1.807) is 4.68 Å². The second-order valence-electron chi connectivity index (χ2n) is 8.43. The summed E-state index contributed by atoms with van der Waals surface area (Å²) in [6, 6.07) is 2.15. The van der Waals surface area contributed by atoms with E-state index >= 15 is 0 Å². The molecule has 1 aliphatic heterocycles. The van der Waals surface area contributed by atoms with Crippen LogP contribution in [0.1, 0.15) is 46.7 Å². The van der Waals surface area contributed by atoms with E-state index in [1.807, 2.05) is 13.1 Å². The minimum Gasteiger partial charge on any atom is -0.327 e. The highest BCUT2D eigenvalue weighted by atomic mass is 35.5. The maximum Gasteiger partial charge on any atom is 0.239 e. The van der Waals surface area contributed by atoms with Crippen molar-refractivity contribution in [1.82, 2.24) is 14.7 Å². The molecule has 25 heavy (non-hydrogen) atoms. The van der Waals surface area contributed by atoms with Gasteiger partial charge >= 0.3 is 0 Å². The quantitative estimate of drug-likeness (QED) is 0.826. The predicted octanol–water partition coefficient (Wildman–Crippen LogP) is 2.56. The van der Waals surface area contributed by atoms with Crippen molar-refractivity contribution in [3.05, 3.63) is 11.8 Å². The van der Waals surface area contributed by atoms with Crippen molar-refractivity contribution in [2.45, 2.75) is 52.5 Å². The van der Waals surface area contributed by atoms with Crippen molar-refractivity contribution in [2.24, 2.45) is 18.2 Å². The number of amides is 1. The summed E-state index contributed by atoms with van der Waals surface area (Å²) in [5.74, 6) is 0.743. The van der Waals surface area contributed by atoms with Crippen molar-refractivity contribution >= 4 is 36.5 Å². The number of carbonyl (C=O) groups is 1. The van der Waals surface area contributed by atoms with Crippen LogP contribution in [0.2, 0.25) is 0 Å². The van der Waals surface area contributed by atoms with Gasteiger partial charge < -0.3 is 11.1 Å². The summed E-state index contributed by atoms with van der Waals surface area (Å²) in [6.45, 7) is 12.8. The standard InChI is InChI=1S/C17H31N5O.2ClH/c1-16(2,3)13-9-14(21(6)20-13)19-15(23)10-22-8-7-12(18)17(4,5)11-22;;/h9,12H,7-8,10-11,18H2,1-6H3,(H,19,23);2*1H. The molecular formula is C17H33Cl2N5O. The predicted molar refractivity (Wildman–Crippen MR) is 108 cm³/mol. The fourth-order valence-corrected chi connectivity index (χ4v) is 2.96. The summed E-state index contributed by atoms with van der Waals surface area (Å²) in [7, 11) is 1.86. The number of likely N-dealkylation sites (tertiary alicyclic amines) is 1. The van der Waals surface area contributed by atoms with Crippen LogP contribution in [0.15, 0.2) is 6.07 Å². The van der Waals surface area contributed by atoms with Crippen LogP contribution in [0.25, 0.3) is 0 Å². The molecule has 1 unspecified atom stereocenters. The first kappa shape index (κ1) is 24.2. The number of carbonyl (C=O) groups excluding carboxylic acids is 1. The number of nitrogens with zero attached hydrogens (tertiary/aromatic N) is 3. The second-order valence-corrected chi connectivity index (χ2v) is 8.43. The van der Waals surface area contributed by atoms with Crippen LogP contribution in [-0.2, 0) is 17.3 Å². The first-order valence-corrected chi connectivity index (χ1v) is 8.31. The van der Waals surface area contributed by atoms with Gasteiger partial charge in [0.1, 0.15) is 5.82 Å². The van der Waals surface area contributed by atoms with Crippen molar-refractivity contribution < 1.29 is 4.79 Å². The Labute approximate surface area is 163 Å². The highest BCUT2D eigenvalue weighted by Crippen LogP contribution is 2.27. The molecule has 0 saturated carbocycles. The third-order valence-corrected chi connectivity index (χ3v) is 4.67. The molecule has 0 aromatic carbocycles. The van der Waals surface area contributed by atoms with E-state index in [1.165, 1.54) is 0 Å². The molecule has 1 fully saturated rings. The molecule has 0 aliphatic carbocycles. The lowest BCUT2D eigenvalue weighted by Gasteiger charge is -2.42. The normalized spacial score (nSPS) is 20.4. The Morgan fingerprint density at radius 1 is 1.40 bits per heavy atom. The number of anilines is 1. The SMILES string of the molecule is Cl.Cl.Cn1nc(C(C)(C)C)cc1NC(=O)CN1CCC(N)C(C)(C)C1. The second kappa shape index (κ2) is 8.71. The molecule has 6 nitrogen and oxygen atoms in total. The summed E-state index contributed by atoms with van der Waals surface area (Å²) in [6.07, 6.45) is 0.931. The highest BCUT2D eigenvalue weighted by Gasteiger charge is 2.34. The van der Waals surface area contributed by atoms with Gasteiger partial charge in [-0.1, -0.05) is 34.6 Å². The largest absolute Gasteiger partial charge is 0.327 e. The van der Waals surface area contributed by atoms with Gasteiger partial charge in [0.25, 0.3) is 0 Å². The molecule has 0 bridgehead atoms. The van der Waals surface area contributed by atoms with E-state index in [2.05, 4.69) is 49.9 Å². The van der Waals surface area contributed by atoms with E-state index in [0.29, 0.717) is 6.54 Å². The maximum atomic E-state index is 12.4. The molecule has 1 aromatic heterocycles. The molecule has 8 heteroatoms. The van der Waals surface area contributed by atoms with Crippen LogP contribution in [0.4, 0.5) is 5.82 Å². The molecule has 0 radical (unpaired) electrons. The van der Waals surface area contributed by atoms with Gasteiger partial charge in [0.05, 0.1) is 12.2 Å². The van der Waals surface area contributed by atoms with Crippen molar-refractivity contribution in [1.29, 1.82) is 0 Å². The number of piperidine rings is 1. The summed E-state index contributed by atoms with van der Waals surface area (Å²) in [5, 5.41) is 7.46. The molecule has 1 atom stereocenters. The number of halogens is 2. The Morgan fingerprint density at radius 3 is 2.48 bits per heavy atom. The minimum atomic E-state index is -0.0340. The zero-order valence-corrected chi connectivity index (χ0v) is 17.8. The third kappa shape index (κ3) is 6.13. The summed E-state index contributed by atoms with van der Waals surface area (Å²) >= 11 is 0. The van der Waals surface area contributed by atoms with E-state index in [0.717, 1.165) is 31.0 Å². The number of nitrogens with one attached hydrogen (secondary N) is 1. The fraction of sp³-hybridized carbons (Fsp3) is 0.765. The fourth-order valence-electron chi connectivity index (χ4n) is 2.96. The van der Waals surface area contributed by atoms with Crippen LogP contribution in [0.3, 0.4) is 0 Å². The minimum absolute atomic E-state index is 0. The molecule has 1 aromatic rings. The summed E-state index contributed by atoms with van der Waals surface area (Å²) in [4.78, 5) is 14.5. The van der Waals surface area contributed by atoms with Crippen LogP contribution in [0, 0.1) is 5.41 Å². The Morgan fingerprint density at radius 2 is 2.00 bits per heavy atom. The van der Waals surface area contributed by atoms with Gasteiger partial charge in [0, 0.05) is 37.7 Å². The Kier molecular flexibility index (Phi) is 8.43. The molecule has 1 aliphatic rings. The number of nitrogens with two attached hydrogens (primary N) is 1. The van der Waals surface area contributed by atoms with Crippen molar-refractivity contribution in [2.75, 3.05) is 25.0 Å². The first-order valence-electron chi connectivity index (χ1n) is 8.31. The summed E-state index contributed by atoms with van der Waals surface area (Å²) < 4.78 is 1.73. The smallest absolute Gasteiger partial charge is 0.239 e. The average Bonchev–Trinajstić information content (AvgIpc) is 2.75. The van der Waals surface area contributed by atoms with Crippen molar-refractivity contribution in [3.8, 4) is 0 Å². The Balaban J connectivity index is 0.00000288. The number of hydrogen-bond donors (Lipinski definition) is 2. The van der Waals surface area contributed by atoms with Crippen LogP contribution in [0.5, 0.6) is 0 Å². The van der Waals surface area contributed by atoms with E-state index in [-0.39, 0.29) is 47.6 Å². The van der Waals surface area contributed by atoms with Crippen LogP contribution >= 0.6 is 24.8 Å². The maximum absolute atomic E-state index is 12.4. The number of aromatic nitrogens is 2. The highest BCUT2D eigenvalue weighted by molar-refractivity contribution is 5.91. The Bertz CT molecular complexity index is 580. The van der Waals surface area contributed by atoms with Gasteiger partial charge in [-0.2, -0.15) is 5.10 Å². The topological polar surface area (TPSA) is 76.2 Å². The first-order chi connectivity index (χ1) is 10.5. The van der Waals surface area contributed by atoms with Gasteiger partial charge in [-0.3, -0.25) is 14.4 Å². The molecule has 0 spiro atoms. The van der Waals surface area contributed by atoms with Gasteiger partial charge in [-0.25, -0.2) is 0 Å². The van der Waals surface area contributed by atoms with Gasteiger partial charge in [-0.05, 0) is 11.8 Å². The van der Waals surface area contributed by atoms with Crippen LogP contribution in [-0.4, -0.2) is 46.3 Å². The number of hydrogen-bond acceptors (Lipinski definition) is 4. The lowest BCUT2D eigenvalue weighted by Crippen LogP contribution is -2.53. The van der Waals surface area contributed by atoms with E-state index in [9.17, 15) is 4.79 Å². The lowest BCUT2D eigenvalue weighted by molar-refractivity contribution is -0.118. The molecular weight excluding hydrogens is 361 g/mol. The van der Waals surface area contributed by atoms with Crippen LogP contribution < -0.4 is 11.1 Å². The molecule has 146 valence electrons. The van der Waals surface area contributed by atoms with Crippen molar-refractivity contribution in [3.63, 3.8) is 0 Å². The number of aryl methyl sites for hydroxylation is 1.